The predicted octanol–water partition coefficient (Wildman–Crippen LogP) is 2.89. The van der Waals surface area contributed by atoms with E-state index in [-0.39, 0.29) is 5.56 Å². The van der Waals surface area contributed by atoms with Crippen molar-refractivity contribution in [2.75, 3.05) is 0 Å². The molecule has 0 radical (unpaired) electrons. The van der Waals surface area contributed by atoms with Gasteiger partial charge in [0.05, 0.1) is 5.56 Å². The highest BCUT2D eigenvalue weighted by molar-refractivity contribution is 7.99. The largest absolute Gasteiger partial charge is 0.478 e. The Morgan fingerprint density at radius 3 is 2.90 bits per heavy atom. The van der Waals surface area contributed by atoms with Crippen molar-refractivity contribution in [1.82, 2.24) is 14.6 Å². The average Bonchev–Trinajstić information content (AvgIpc) is 2.82. The predicted molar refractivity (Wildman–Crippen MR) is 75.2 cm³/mol. The summed E-state index contributed by atoms with van der Waals surface area (Å²) in [5.41, 5.74) is 2.01. The highest BCUT2D eigenvalue weighted by atomic mass is 32.2. The molecule has 6 heteroatoms. The number of aromatic nitrogens is 3. The Morgan fingerprint density at radius 2 is 2.10 bits per heavy atom. The molecule has 20 heavy (non-hydrogen) atoms. The van der Waals surface area contributed by atoms with Crippen molar-refractivity contribution in [3.05, 3.63) is 53.7 Å². The molecular formula is C14H11N3O2S. The van der Waals surface area contributed by atoms with Crippen LogP contribution in [0.3, 0.4) is 0 Å². The first kappa shape index (κ1) is 12.7. The van der Waals surface area contributed by atoms with E-state index in [1.165, 1.54) is 11.8 Å². The third-order valence-corrected chi connectivity index (χ3v) is 3.87. The molecular weight excluding hydrogens is 274 g/mol. The monoisotopic (exact) mass is 285 g/mol. The maximum atomic E-state index is 11.3. The van der Waals surface area contributed by atoms with Crippen molar-refractivity contribution in [2.45, 2.75) is 17.0 Å². The number of nitrogens with zero attached hydrogens (tertiary/aromatic N) is 3. The summed E-state index contributed by atoms with van der Waals surface area (Å²) >= 11 is 1.30. The van der Waals surface area contributed by atoms with E-state index >= 15 is 0 Å². The van der Waals surface area contributed by atoms with Crippen LogP contribution in [0.15, 0.2) is 52.6 Å². The number of hydrogen-bond acceptors (Lipinski definition) is 4. The summed E-state index contributed by atoms with van der Waals surface area (Å²) < 4.78 is 1.83. The zero-order valence-corrected chi connectivity index (χ0v) is 11.5. The topological polar surface area (TPSA) is 67.5 Å². The molecule has 1 N–H and O–H groups in total. The van der Waals surface area contributed by atoms with Crippen molar-refractivity contribution in [2.24, 2.45) is 0 Å². The highest BCUT2D eigenvalue weighted by Crippen LogP contribution is 2.30. The molecule has 0 bridgehead atoms. The summed E-state index contributed by atoms with van der Waals surface area (Å²) in [4.78, 5) is 11.9. The van der Waals surface area contributed by atoms with Gasteiger partial charge in [-0.3, -0.25) is 4.40 Å². The molecule has 0 atom stereocenters. The van der Waals surface area contributed by atoms with Gasteiger partial charge in [0.2, 0.25) is 0 Å². The van der Waals surface area contributed by atoms with Crippen molar-refractivity contribution >= 4 is 23.4 Å². The molecule has 0 spiro atoms. The number of aryl methyl sites for hydroxylation is 1. The number of carboxylic acid groups (broad SMARTS) is 1. The first-order valence-electron chi connectivity index (χ1n) is 5.97. The first-order valence-corrected chi connectivity index (χ1v) is 6.78. The molecule has 0 amide bonds. The average molecular weight is 285 g/mol. The Kier molecular flexibility index (Phi) is 3.15. The Labute approximate surface area is 119 Å². The molecule has 100 valence electrons. The molecule has 3 rings (SSSR count). The maximum Gasteiger partial charge on any atom is 0.336 e. The highest BCUT2D eigenvalue weighted by Gasteiger charge is 2.14. The molecule has 5 nitrogen and oxygen atoms in total. The van der Waals surface area contributed by atoms with Crippen LogP contribution in [0, 0.1) is 6.92 Å². The van der Waals surface area contributed by atoms with Gasteiger partial charge >= 0.3 is 5.97 Å². The molecule has 0 unspecified atom stereocenters. The van der Waals surface area contributed by atoms with Crippen LogP contribution in [-0.4, -0.2) is 25.7 Å². The van der Waals surface area contributed by atoms with Crippen LogP contribution in [0.2, 0.25) is 0 Å². The number of fused-ring (bicyclic) bond motifs is 1. The number of aromatic carboxylic acids is 1. The van der Waals surface area contributed by atoms with E-state index in [0.29, 0.717) is 10.1 Å². The van der Waals surface area contributed by atoms with E-state index < -0.39 is 5.97 Å². The molecule has 2 heterocycles. The van der Waals surface area contributed by atoms with Gasteiger partial charge in [0, 0.05) is 11.1 Å². The smallest absolute Gasteiger partial charge is 0.336 e. The number of hydrogen-bond donors (Lipinski definition) is 1. The summed E-state index contributed by atoms with van der Waals surface area (Å²) in [7, 11) is 0. The van der Waals surface area contributed by atoms with Gasteiger partial charge in [0.1, 0.15) is 0 Å². The second-order valence-electron chi connectivity index (χ2n) is 4.32. The van der Waals surface area contributed by atoms with Gasteiger partial charge in [-0.2, -0.15) is 0 Å². The van der Waals surface area contributed by atoms with Crippen LogP contribution in [0.1, 0.15) is 15.9 Å². The van der Waals surface area contributed by atoms with E-state index in [9.17, 15) is 9.90 Å². The fourth-order valence-corrected chi connectivity index (χ4v) is 2.92. The normalized spacial score (nSPS) is 10.8. The lowest BCUT2D eigenvalue weighted by Gasteiger charge is -2.05. The Morgan fingerprint density at radius 1 is 1.25 bits per heavy atom. The van der Waals surface area contributed by atoms with Gasteiger partial charge < -0.3 is 5.11 Å². The van der Waals surface area contributed by atoms with Crippen LogP contribution in [0.4, 0.5) is 0 Å². The number of benzene rings is 1. The third kappa shape index (κ3) is 2.25. The Hall–Kier alpha value is -2.34. The minimum Gasteiger partial charge on any atom is -0.478 e. The first-order chi connectivity index (χ1) is 9.65. The van der Waals surface area contributed by atoms with Gasteiger partial charge in [-0.1, -0.05) is 12.1 Å². The zero-order valence-electron chi connectivity index (χ0n) is 10.6. The Balaban J connectivity index is 2.07. The quantitative estimate of drug-likeness (QED) is 0.801. The standard InChI is InChI=1S/C14H11N3O2S/c1-9-5-6-10(13(18)19)11(8-9)20-14-16-15-12-4-2-3-7-17(12)14/h2-8H,1H3,(H,18,19). The molecule has 0 aliphatic carbocycles. The molecule has 1 aromatic carbocycles. The van der Waals surface area contributed by atoms with Gasteiger partial charge in [0.25, 0.3) is 0 Å². The second-order valence-corrected chi connectivity index (χ2v) is 5.33. The maximum absolute atomic E-state index is 11.3. The summed E-state index contributed by atoms with van der Waals surface area (Å²) in [6, 6.07) is 10.9. The lowest BCUT2D eigenvalue weighted by atomic mass is 10.1. The molecule has 0 aliphatic heterocycles. The van der Waals surface area contributed by atoms with Crippen molar-refractivity contribution in [3.63, 3.8) is 0 Å². The summed E-state index contributed by atoms with van der Waals surface area (Å²) in [6.07, 6.45) is 1.86. The molecule has 0 fully saturated rings. The number of carbonyl (C=O) groups is 1. The van der Waals surface area contributed by atoms with Crippen molar-refractivity contribution in [3.8, 4) is 0 Å². The summed E-state index contributed by atoms with van der Waals surface area (Å²) in [5, 5.41) is 18.0. The van der Waals surface area contributed by atoms with E-state index in [2.05, 4.69) is 10.2 Å². The van der Waals surface area contributed by atoms with Crippen LogP contribution < -0.4 is 0 Å². The lowest BCUT2D eigenvalue weighted by Crippen LogP contribution is -1.99. The fraction of sp³-hybridized carbons (Fsp3) is 0.0714. The minimum atomic E-state index is -0.943. The summed E-state index contributed by atoms with van der Waals surface area (Å²) in [5.74, 6) is -0.943. The third-order valence-electron chi connectivity index (χ3n) is 2.85. The van der Waals surface area contributed by atoms with Gasteiger partial charge in [0.15, 0.2) is 10.8 Å². The van der Waals surface area contributed by atoms with E-state index in [1.54, 1.807) is 12.1 Å². The van der Waals surface area contributed by atoms with Gasteiger partial charge in [-0.25, -0.2) is 4.79 Å². The van der Waals surface area contributed by atoms with Gasteiger partial charge in [-0.15, -0.1) is 10.2 Å². The van der Waals surface area contributed by atoms with Gasteiger partial charge in [-0.05, 0) is 48.5 Å². The zero-order chi connectivity index (χ0) is 14.1. The minimum absolute atomic E-state index is 0.272. The number of carboxylic acids is 1. The van der Waals surface area contributed by atoms with E-state index in [4.69, 9.17) is 0 Å². The lowest BCUT2D eigenvalue weighted by molar-refractivity contribution is 0.0693. The number of pyridine rings is 1. The van der Waals surface area contributed by atoms with Crippen LogP contribution in [-0.2, 0) is 0 Å². The molecule has 3 aromatic rings. The SMILES string of the molecule is Cc1ccc(C(=O)O)c(Sc2nnc3ccccn23)c1. The molecule has 0 aliphatic rings. The molecule has 0 saturated heterocycles. The van der Waals surface area contributed by atoms with Crippen LogP contribution in [0.25, 0.3) is 5.65 Å². The molecule has 2 aromatic heterocycles. The fourth-order valence-electron chi connectivity index (χ4n) is 1.88. The van der Waals surface area contributed by atoms with Crippen LogP contribution in [0.5, 0.6) is 0 Å². The molecule has 0 saturated carbocycles. The van der Waals surface area contributed by atoms with Crippen molar-refractivity contribution in [1.29, 1.82) is 0 Å². The van der Waals surface area contributed by atoms with E-state index in [0.717, 1.165) is 11.2 Å². The second kappa shape index (κ2) is 4.97. The van der Waals surface area contributed by atoms with Crippen molar-refractivity contribution < 1.29 is 9.90 Å². The summed E-state index contributed by atoms with van der Waals surface area (Å²) in [6.45, 7) is 1.93. The van der Waals surface area contributed by atoms with E-state index in [1.807, 2.05) is 41.8 Å². The van der Waals surface area contributed by atoms with Crippen LogP contribution >= 0.6 is 11.8 Å². The number of rotatable bonds is 3. The Bertz CT molecular complexity index is 798.